The van der Waals surface area contributed by atoms with Crippen LogP contribution in [0.5, 0.6) is 0 Å². The normalized spacial score (nSPS) is 10.4. The minimum atomic E-state index is -0.371. The van der Waals surface area contributed by atoms with Crippen molar-refractivity contribution in [1.29, 1.82) is 0 Å². The number of nitrogens with one attached hydrogen (secondary N) is 1. The van der Waals surface area contributed by atoms with Crippen LogP contribution in [0.4, 0.5) is 0 Å². The summed E-state index contributed by atoms with van der Waals surface area (Å²) < 4.78 is 14.9. The Morgan fingerprint density at radius 2 is 2.25 bits per heavy atom. The van der Waals surface area contributed by atoms with Gasteiger partial charge in [0.2, 0.25) is 0 Å². The summed E-state index contributed by atoms with van der Waals surface area (Å²) in [4.78, 5) is 11.3. The number of furan rings is 1. The third-order valence-electron chi connectivity index (χ3n) is 2.16. The van der Waals surface area contributed by atoms with Crippen molar-refractivity contribution in [2.24, 2.45) is 0 Å². The molecule has 1 aromatic heterocycles. The van der Waals surface area contributed by atoms with E-state index in [1.807, 2.05) is 0 Å². The molecule has 16 heavy (non-hydrogen) atoms. The maximum absolute atomic E-state index is 11.3. The van der Waals surface area contributed by atoms with Gasteiger partial charge >= 0.3 is 5.97 Å². The fourth-order valence-electron chi connectivity index (χ4n) is 1.33. The molecule has 0 spiro atoms. The molecule has 1 aromatic rings. The summed E-state index contributed by atoms with van der Waals surface area (Å²) in [5.41, 5.74) is 0.478. The number of methoxy groups -OCH3 is 2. The summed E-state index contributed by atoms with van der Waals surface area (Å²) in [6, 6.07) is 1.70. The van der Waals surface area contributed by atoms with Gasteiger partial charge in [0.1, 0.15) is 17.1 Å². The molecular weight excluding hydrogens is 210 g/mol. The molecule has 0 aliphatic rings. The van der Waals surface area contributed by atoms with Gasteiger partial charge in [0.05, 0.1) is 20.3 Å². The number of ether oxygens (including phenoxy) is 2. The smallest absolute Gasteiger partial charge is 0.341 e. The van der Waals surface area contributed by atoms with Gasteiger partial charge < -0.3 is 19.2 Å². The quantitative estimate of drug-likeness (QED) is 0.582. The lowest BCUT2D eigenvalue weighted by molar-refractivity contribution is 0.0599. The van der Waals surface area contributed by atoms with Crippen LogP contribution in [0.1, 0.15) is 21.9 Å². The van der Waals surface area contributed by atoms with E-state index in [-0.39, 0.29) is 5.97 Å². The molecule has 0 amide bonds. The molecule has 0 atom stereocenters. The van der Waals surface area contributed by atoms with Crippen LogP contribution < -0.4 is 5.32 Å². The van der Waals surface area contributed by atoms with Gasteiger partial charge in [-0.15, -0.1) is 0 Å². The average molecular weight is 227 g/mol. The second-order valence-electron chi connectivity index (χ2n) is 3.34. The molecule has 0 aromatic carbocycles. The first-order chi connectivity index (χ1) is 7.69. The van der Waals surface area contributed by atoms with Crippen LogP contribution >= 0.6 is 0 Å². The van der Waals surface area contributed by atoms with Crippen molar-refractivity contribution >= 4 is 5.97 Å². The van der Waals surface area contributed by atoms with Crippen LogP contribution in [0.15, 0.2) is 10.5 Å². The summed E-state index contributed by atoms with van der Waals surface area (Å²) in [5.74, 6) is 0.925. The molecule has 5 heteroatoms. The van der Waals surface area contributed by atoms with Gasteiger partial charge in [-0.3, -0.25) is 0 Å². The first kappa shape index (κ1) is 12.7. The molecule has 1 N–H and O–H groups in total. The van der Waals surface area contributed by atoms with Crippen LogP contribution in [-0.2, 0) is 16.0 Å². The van der Waals surface area contributed by atoms with E-state index < -0.39 is 0 Å². The number of rotatable bonds is 6. The summed E-state index contributed by atoms with van der Waals surface area (Å²) in [7, 11) is 3.00. The molecular formula is C11H17NO4. The fourth-order valence-corrected chi connectivity index (χ4v) is 1.33. The van der Waals surface area contributed by atoms with E-state index in [9.17, 15) is 4.79 Å². The Morgan fingerprint density at radius 3 is 2.88 bits per heavy atom. The van der Waals surface area contributed by atoms with Crippen LogP contribution in [0.2, 0.25) is 0 Å². The molecule has 5 nitrogen and oxygen atoms in total. The predicted molar refractivity (Wildman–Crippen MR) is 58.4 cm³/mol. The van der Waals surface area contributed by atoms with E-state index in [1.165, 1.54) is 7.11 Å². The standard InChI is InChI=1S/C11H17NO4/c1-8-10(11(13)15-3)6-9(16-8)7-12-4-5-14-2/h6,12H,4-5,7H2,1-3H3. The van der Waals surface area contributed by atoms with Crippen LogP contribution in [-0.4, -0.2) is 33.3 Å². The zero-order chi connectivity index (χ0) is 12.0. The minimum Gasteiger partial charge on any atom is -0.465 e. The summed E-state index contributed by atoms with van der Waals surface area (Å²) in [6.45, 7) is 3.69. The lowest BCUT2D eigenvalue weighted by Gasteiger charge is -2.00. The van der Waals surface area contributed by atoms with Crippen molar-refractivity contribution in [3.05, 3.63) is 23.2 Å². The fraction of sp³-hybridized carbons (Fsp3) is 0.545. The van der Waals surface area contributed by atoms with Crippen molar-refractivity contribution in [1.82, 2.24) is 5.32 Å². The average Bonchev–Trinajstić information content (AvgIpc) is 2.65. The van der Waals surface area contributed by atoms with Crippen molar-refractivity contribution in [3.63, 3.8) is 0 Å². The van der Waals surface area contributed by atoms with Gasteiger partial charge in [-0.25, -0.2) is 4.79 Å². The second-order valence-corrected chi connectivity index (χ2v) is 3.34. The Kier molecular flexibility index (Phi) is 5.01. The molecule has 0 aliphatic carbocycles. The maximum Gasteiger partial charge on any atom is 0.341 e. The van der Waals surface area contributed by atoms with Crippen LogP contribution in [0, 0.1) is 6.92 Å². The van der Waals surface area contributed by atoms with Crippen LogP contribution in [0.25, 0.3) is 0 Å². The van der Waals surface area contributed by atoms with E-state index >= 15 is 0 Å². The summed E-state index contributed by atoms with van der Waals surface area (Å²) in [5, 5.41) is 3.13. The van der Waals surface area contributed by atoms with Crippen molar-refractivity contribution < 1.29 is 18.7 Å². The molecule has 90 valence electrons. The lowest BCUT2D eigenvalue weighted by atomic mass is 10.2. The Bertz CT molecular complexity index is 346. The van der Waals surface area contributed by atoms with E-state index in [0.29, 0.717) is 30.2 Å². The van der Waals surface area contributed by atoms with Crippen LogP contribution in [0.3, 0.4) is 0 Å². The van der Waals surface area contributed by atoms with Crippen molar-refractivity contribution in [3.8, 4) is 0 Å². The van der Waals surface area contributed by atoms with E-state index in [1.54, 1.807) is 20.1 Å². The van der Waals surface area contributed by atoms with Gasteiger partial charge in [-0.2, -0.15) is 0 Å². The highest BCUT2D eigenvalue weighted by molar-refractivity contribution is 5.90. The maximum atomic E-state index is 11.3. The van der Waals surface area contributed by atoms with Gasteiger partial charge in [0, 0.05) is 13.7 Å². The molecule has 0 aliphatic heterocycles. The van der Waals surface area contributed by atoms with E-state index in [4.69, 9.17) is 9.15 Å². The highest BCUT2D eigenvalue weighted by Crippen LogP contribution is 2.15. The molecule has 0 radical (unpaired) electrons. The van der Waals surface area contributed by atoms with Crippen molar-refractivity contribution in [2.45, 2.75) is 13.5 Å². The monoisotopic (exact) mass is 227 g/mol. The molecule has 1 heterocycles. The molecule has 0 bridgehead atoms. The van der Waals surface area contributed by atoms with E-state index in [0.717, 1.165) is 6.54 Å². The highest BCUT2D eigenvalue weighted by atomic mass is 16.5. The van der Waals surface area contributed by atoms with Gasteiger partial charge in [0.15, 0.2) is 0 Å². The van der Waals surface area contributed by atoms with Gasteiger partial charge in [0.25, 0.3) is 0 Å². The number of hydrogen-bond donors (Lipinski definition) is 1. The molecule has 0 saturated carbocycles. The van der Waals surface area contributed by atoms with Gasteiger partial charge in [-0.05, 0) is 13.0 Å². The molecule has 0 unspecified atom stereocenters. The Morgan fingerprint density at radius 1 is 1.50 bits per heavy atom. The SMILES string of the molecule is COCCNCc1cc(C(=O)OC)c(C)o1. The Labute approximate surface area is 94.7 Å². The number of esters is 1. The van der Waals surface area contributed by atoms with Gasteiger partial charge in [-0.1, -0.05) is 0 Å². The highest BCUT2D eigenvalue weighted by Gasteiger charge is 2.14. The zero-order valence-corrected chi connectivity index (χ0v) is 9.83. The first-order valence-corrected chi connectivity index (χ1v) is 5.06. The Balaban J connectivity index is 2.52. The lowest BCUT2D eigenvalue weighted by Crippen LogP contribution is -2.18. The molecule has 0 fully saturated rings. The number of hydrogen-bond acceptors (Lipinski definition) is 5. The molecule has 1 rings (SSSR count). The number of aryl methyl sites for hydroxylation is 1. The topological polar surface area (TPSA) is 60.7 Å². The summed E-state index contributed by atoms with van der Waals surface area (Å²) >= 11 is 0. The molecule has 0 saturated heterocycles. The zero-order valence-electron chi connectivity index (χ0n) is 9.83. The first-order valence-electron chi connectivity index (χ1n) is 5.06. The Hall–Kier alpha value is -1.33. The third kappa shape index (κ3) is 3.36. The second kappa shape index (κ2) is 6.30. The van der Waals surface area contributed by atoms with E-state index in [2.05, 4.69) is 10.1 Å². The summed E-state index contributed by atoms with van der Waals surface area (Å²) in [6.07, 6.45) is 0. The van der Waals surface area contributed by atoms with Crippen molar-refractivity contribution in [2.75, 3.05) is 27.4 Å². The third-order valence-corrected chi connectivity index (χ3v) is 2.16. The predicted octanol–water partition coefficient (Wildman–Crippen LogP) is 1.11. The number of carbonyl (C=O) groups is 1. The minimum absolute atomic E-state index is 0.371. The number of carbonyl (C=O) groups excluding carboxylic acids is 1. The largest absolute Gasteiger partial charge is 0.465 e.